The van der Waals surface area contributed by atoms with Crippen LogP contribution in [0.2, 0.25) is 0 Å². The molecule has 0 aliphatic carbocycles. The summed E-state index contributed by atoms with van der Waals surface area (Å²) in [5.74, 6) is 7.97. The molecule has 5 heteroatoms. The number of hydrogen-bond acceptors (Lipinski definition) is 5. The van der Waals surface area contributed by atoms with Crippen molar-refractivity contribution in [3.05, 3.63) is 23.8 Å². The summed E-state index contributed by atoms with van der Waals surface area (Å²) >= 11 is 1.73. The van der Waals surface area contributed by atoms with Crippen molar-refractivity contribution in [1.29, 1.82) is 0 Å². The van der Waals surface area contributed by atoms with Crippen molar-refractivity contribution in [2.45, 2.75) is 6.04 Å². The number of nitrogens with two attached hydrogens (primary N) is 1. The van der Waals surface area contributed by atoms with E-state index >= 15 is 0 Å². The van der Waals surface area contributed by atoms with E-state index in [4.69, 9.17) is 15.3 Å². The molecule has 0 saturated carbocycles. The van der Waals surface area contributed by atoms with Crippen molar-refractivity contribution in [1.82, 2.24) is 5.43 Å². The number of ether oxygens (including phenoxy) is 2. The van der Waals surface area contributed by atoms with E-state index in [1.165, 1.54) is 0 Å². The van der Waals surface area contributed by atoms with E-state index in [2.05, 4.69) is 5.43 Å². The van der Waals surface area contributed by atoms with Crippen LogP contribution in [-0.4, -0.2) is 26.2 Å². The lowest BCUT2D eigenvalue weighted by Crippen LogP contribution is -2.29. The number of hydrogen-bond donors (Lipinski definition) is 2. The molecule has 0 spiro atoms. The SMILES string of the molecule is COc1cc(OC)cc(C(CSC)NN)c1. The quantitative estimate of drug-likeness (QED) is 0.586. The first-order chi connectivity index (χ1) is 7.74. The Morgan fingerprint density at radius 2 is 1.81 bits per heavy atom. The minimum atomic E-state index is 0.0963. The predicted octanol–water partition coefficient (Wildman–Crippen LogP) is 1.57. The maximum Gasteiger partial charge on any atom is 0.122 e. The summed E-state index contributed by atoms with van der Waals surface area (Å²) in [4.78, 5) is 0. The Kier molecular flexibility index (Phi) is 5.45. The molecule has 4 nitrogen and oxygen atoms in total. The molecule has 0 aliphatic rings. The lowest BCUT2D eigenvalue weighted by molar-refractivity contribution is 0.392. The third-order valence-corrected chi connectivity index (χ3v) is 2.98. The lowest BCUT2D eigenvalue weighted by Gasteiger charge is -2.17. The molecule has 16 heavy (non-hydrogen) atoms. The molecule has 1 rings (SSSR count). The van der Waals surface area contributed by atoms with Crippen LogP contribution >= 0.6 is 11.8 Å². The Bertz CT molecular complexity index is 312. The minimum absolute atomic E-state index is 0.0963. The number of methoxy groups -OCH3 is 2. The molecule has 90 valence electrons. The zero-order chi connectivity index (χ0) is 12.0. The Balaban J connectivity index is 3.00. The standard InChI is InChI=1S/C11H18N2O2S/c1-14-9-4-8(5-10(6-9)15-2)11(13-12)7-16-3/h4-6,11,13H,7,12H2,1-3H3. The summed E-state index contributed by atoms with van der Waals surface area (Å²) in [6.07, 6.45) is 2.04. The van der Waals surface area contributed by atoms with Crippen molar-refractivity contribution in [3.8, 4) is 11.5 Å². The van der Waals surface area contributed by atoms with E-state index in [1.54, 1.807) is 26.0 Å². The van der Waals surface area contributed by atoms with Crippen LogP contribution in [0.3, 0.4) is 0 Å². The molecule has 1 aromatic rings. The van der Waals surface area contributed by atoms with Gasteiger partial charge in [0.15, 0.2) is 0 Å². The van der Waals surface area contributed by atoms with Crippen LogP contribution in [0.1, 0.15) is 11.6 Å². The van der Waals surface area contributed by atoms with Crippen LogP contribution in [0.25, 0.3) is 0 Å². The van der Waals surface area contributed by atoms with Gasteiger partial charge in [0.05, 0.1) is 20.3 Å². The highest BCUT2D eigenvalue weighted by atomic mass is 32.2. The highest BCUT2D eigenvalue weighted by Crippen LogP contribution is 2.27. The molecule has 0 bridgehead atoms. The van der Waals surface area contributed by atoms with Gasteiger partial charge in [0.1, 0.15) is 11.5 Å². The zero-order valence-corrected chi connectivity index (χ0v) is 10.6. The van der Waals surface area contributed by atoms with Crippen LogP contribution in [0.5, 0.6) is 11.5 Å². The molecule has 0 heterocycles. The van der Waals surface area contributed by atoms with Crippen molar-refractivity contribution in [2.24, 2.45) is 5.84 Å². The first-order valence-corrected chi connectivity index (χ1v) is 6.32. The maximum atomic E-state index is 5.53. The van der Waals surface area contributed by atoms with Gasteiger partial charge in [-0.1, -0.05) is 0 Å². The first-order valence-electron chi connectivity index (χ1n) is 4.93. The summed E-state index contributed by atoms with van der Waals surface area (Å²) in [5.41, 5.74) is 3.85. The number of nitrogens with one attached hydrogen (secondary N) is 1. The van der Waals surface area contributed by atoms with Gasteiger partial charge < -0.3 is 9.47 Å². The van der Waals surface area contributed by atoms with E-state index in [9.17, 15) is 0 Å². The van der Waals surface area contributed by atoms with Crippen molar-refractivity contribution in [3.63, 3.8) is 0 Å². The summed E-state index contributed by atoms with van der Waals surface area (Å²) in [5, 5.41) is 0. The third-order valence-electron chi connectivity index (χ3n) is 2.31. The molecule has 3 N–H and O–H groups in total. The van der Waals surface area contributed by atoms with Crippen molar-refractivity contribution in [2.75, 3.05) is 26.2 Å². The van der Waals surface area contributed by atoms with Gasteiger partial charge in [0.2, 0.25) is 0 Å². The fourth-order valence-electron chi connectivity index (χ4n) is 1.44. The van der Waals surface area contributed by atoms with E-state index in [1.807, 2.05) is 24.5 Å². The molecule has 1 unspecified atom stereocenters. The summed E-state index contributed by atoms with van der Waals surface area (Å²) < 4.78 is 10.4. The molecule has 0 saturated heterocycles. The first kappa shape index (κ1) is 13.2. The zero-order valence-electron chi connectivity index (χ0n) is 9.82. The van der Waals surface area contributed by atoms with Gasteiger partial charge in [-0.15, -0.1) is 0 Å². The highest BCUT2D eigenvalue weighted by Gasteiger charge is 2.11. The second-order valence-electron chi connectivity index (χ2n) is 3.32. The molecule has 1 atom stereocenters. The van der Waals surface area contributed by atoms with Crippen LogP contribution in [0.4, 0.5) is 0 Å². The minimum Gasteiger partial charge on any atom is -0.497 e. The molecule has 1 aromatic carbocycles. The summed E-state index contributed by atoms with van der Waals surface area (Å²) in [7, 11) is 3.27. The Morgan fingerprint density at radius 3 is 2.19 bits per heavy atom. The van der Waals surface area contributed by atoms with Gasteiger partial charge >= 0.3 is 0 Å². The Morgan fingerprint density at radius 1 is 1.25 bits per heavy atom. The summed E-state index contributed by atoms with van der Waals surface area (Å²) in [6.45, 7) is 0. The number of hydrazine groups is 1. The highest BCUT2D eigenvalue weighted by molar-refractivity contribution is 7.98. The number of rotatable bonds is 6. The predicted molar refractivity (Wildman–Crippen MR) is 68.0 cm³/mol. The second-order valence-corrected chi connectivity index (χ2v) is 4.23. The van der Waals surface area contributed by atoms with Crippen LogP contribution in [0, 0.1) is 0 Å². The lowest BCUT2D eigenvalue weighted by atomic mass is 10.1. The van der Waals surface area contributed by atoms with E-state index < -0.39 is 0 Å². The third kappa shape index (κ3) is 3.30. The number of thioether (sulfide) groups is 1. The van der Waals surface area contributed by atoms with E-state index in [0.717, 1.165) is 22.8 Å². The molecule has 0 amide bonds. The smallest absolute Gasteiger partial charge is 0.122 e. The fourth-order valence-corrected chi connectivity index (χ4v) is 2.06. The normalized spacial score (nSPS) is 12.2. The van der Waals surface area contributed by atoms with Crippen molar-refractivity contribution >= 4 is 11.8 Å². The van der Waals surface area contributed by atoms with E-state index in [-0.39, 0.29) is 6.04 Å². The topological polar surface area (TPSA) is 56.5 Å². The molecular formula is C11H18N2O2S. The van der Waals surface area contributed by atoms with Gasteiger partial charge in [-0.05, 0) is 24.0 Å². The fraction of sp³-hybridized carbons (Fsp3) is 0.455. The van der Waals surface area contributed by atoms with Gasteiger partial charge in [-0.3, -0.25) is 11.3 Å². The van der Waals surface area contributed by atoms with Crippen LogP contribution in [0.15, 0.2) is 18.2 Å². The molecule has 0 radical (unpaired) electrons. The molecule has 0 fully saturated rings. The monoisotopic (exact) mass is 242 g/mol. The van der Waals surface area contributed by atoms with Crippen molar-refractivity contribution < 1.29 is 9.47 Å². The van der Waals surface area contributed by atoms with Crippen LogP contribution < -0.4 is 20.7 Å². The summed E-state index contributed by atoms with van der Waals surface area (Å²) in [6, 6.07) is 5.86. The average Bonchev–Trinajstić information content (AvgIpc) is 2.35. The Labute approximate surface area is 100 Å². The largest absolute Gasteiger partial charge is 0.497 e. The second kappa shape index (κ2) is 6.62. The molecular weight excluding hydrogens is 224 g/mol. The average molecular weight is 242 g/mol. The Hall–Kier alpha value is -0.910. The van der Waals surface area contributed by atoms with E-state index in [0.29, 0.717) is 0 Å². The molecule has 0 aromatic heterocycles. The maximum absolute atomic E-state index is 5.53. The van der Waals surface area contributed by atoms with Gasteiger partial charge in [0.25, 0.3) is 0 Å². The number of benzene rings is 1. The molecule has 0 aliphatic heterocycles. The van der Waals surface area contributed by atoms with Crippen LogP contribution in [-0.2, 0) is 0 Å². The van der Waals surface area contributed by atoms with Gasteiger partial charge in [-0.2, -0.15) is 11.8 Å². The van der Waals surface area contributed by atoms with Gasteiger partial charge in [-0.25, -0.2) is 0 Å². The van der Waals surface area contributed by atoms with Gasteiger partial charge in [0, 0.05) is 11.8 Å².